The van der Waals surface area contributed by atoms with E-state index in [2.05, 4.69) is 5.32 Å². The molecule has 0 unspecified atom stereocenters. The molecule has 0 atom stereocenters. The van der Waals surface area contributed by atoms with Crippen molar-refractivity contribution in [2.45, 2.75) is 91.1 Å². The molecule has 7 nitrogen and oxygen atoms in total. The van der Waals surface area contributed by atoms with Gasteiger partial charge in [-0.05, 0) is 40.5 Å². The molecule has 0 aliphatic heterocycles. The topological polar surface area (TPSA) is 75.3 Å². The van der Waals surface area contributed by atoms with E-state index in [1.165, 1.54) is 38.5 Å². The van der Waals surface area contributed by atoms with Gasteiger partial charge in [0, 0.05) is 19.8 Å². The molecular weight excluding hydrogens is 398 g/mol. The molecule has 0 bridgehead atoms. The third-order valence-electron chi connectivity index (χ3n) is 4.45. The van der Waals surface area contributed by atoms with E-state index in [1.54, 1.807) is 0 Å². The van der Waals surface area contributed by atoms with Crippen LogP contribution in [0.5, 0.6) is 0 Å². The third kappa shape index (κ3) is 27.1. The van der Waals surface area contributed by atoms with Crippen molar-refractivity contribution in [2.24, 2.45) is 0 Å². The van der Waals surface area contributed by atoms with Gasteiger partial charge in [0.25, 0.3) is 0 Å². The molecule has 0 spiro atoms. The van der Waals surface area contributed by atoms with Crippen LogP contribution in [0.2, 0.25) is 0 Å². The molecule has 0 saturated heterocycles. The monoisotopic (exact) mass is 447 g/mol. The lowest BCUT2D eigenvalue weighted by Crippen LogP contribution is -2.32. The summed E-state index contributed by atoms with van der Waals surface area (Å²) in [7, 11) is 0. The minimum absolute atomic E-state index is 0.317. The first-order valence-electron chi connectivity index (χ1n) is 12.2. The van der Waals surface area contributed by atoms with Crippen LogP contribution in [0.3, 0.4) is 0 Å². The zero-order chi connectivity index (χ0) is 23.0. The van der Waals surface area contributed by atoms with Gasteiger partial charge < -0.3 is 29.0 Å². The largest absolute Gasteiger partial charge is 0.444 e. The molecule has 0 rings (SSSR count). The van der Waals surface area contributed by atoms with Crippen molar-refractivity contribution in [3.8, 4) is 0 Å². The maximum absolute atomic E-state index is 11.5. The van der Waals surface area contributed by atoms with Crippen LogP contribution in [0.25, 0.3) is 0 Å². The molecule has 0 heterocycles. The van der Waals surface area contributed by atoms with Gasteiger partial charge in [0.05, 0.1) is 39.6 Å². The number of unbranched alkanes of at least 4 members (excludes halogenated alkanes) is 8. The van der Waals surface area contributed by atoms with Gasteiger partial charge >= 0.3 is 6.09 Å². The maximum Gasteiger partial charge on any atom is 0.407 e. The van der Waals surface area contributed by atoms with Crippen LogP contribution in [-0.4, -0.2) is 71.1 Å². The SMILES string of the molecule is CCOCCOCCOCCOCCCCCCCCCCCNC(=O)OC(C)(C)C. The predicted octanol–water partition coefficient (Wildman–Crippen LogP) is 5.11. The van der Waals surface area contributed by atoms with Crippen molar-refractivity contribution < 1.29 is 28.5 Å². The minimum Gasteiger partial charge on any atom is -0.444 e. The van der Waals surface area contributed by atoms with E-state index in [4.69, 9.17) is 23.7 Å². The number of ether oxygens (including phenoxy) is 5. The summed E-state index contributed by atoms with van der Waals surface area (Å²) in [6.07, 6.45) is 10.6. The number of hydrogen-bond donors (Lipinski definition) is 1. The summed E-state index contributed by atoms with van der Waals surface area (Å²) >= 11 is 0. The van der Waals surface area contributed by atoms with Crippen molar-refractivity contribution in [3.05, 3.63) is 0 Å². The Morgan fingerprint density at radius 1 is 0.613 bits per heavy atom. The quantitative estimate of drug-likeness (QED) is 0.233. The lowest BCUT2D eigenvalue weighted by atomic mass is 10.1. The smallest absolute Gasteiger partial charge is 0.407 e. The Kier molecular flexibility index (Phi) is 21.7. The second-order valence-corrected chi connectivity index (χ2v) is 8.64. The molecule has 0 aliphatic carbocycles. The number of carbonyl (C=O) groups excluding carboxylic acids is 1. The molecule has 1 amide bonds. The Balaban J connectivity index is 3.10. The van der Waals surface area contributed by atoms with E-state index in [1.807, 2.05) is 27.7 Å². The average Bonchev–Trinajstić information content (AvgIpc) is 2.70. The fraction of sp³-hybridized carbons (Fsp3) is 0.958. The summed E-state index contributed by atoms with van der Waals surface area (Å²) in [6, 6.07) is 0. The zero-order valence-corrected chi connectivity index (χ0v) is 20.7. The van der Waals surface area contributed by atoms with Crippen molar-refractivity contribution in [1.29, 1.82) is 0 Å². The summed E-state index contributed by atoms with van der Waals surface area (Å²) < 4.78 is 26.8. The summed E-state index contributed by atoms with van der Waals surface area (Å²) in [5.41, 5.74) is -0.426. The highest BCUT2D eigenvalue weighted by molar-refractivity contribution is 5.67. The van der Waals surface area contributed by atoms with E-state index in [0.717, 1.165) is 32.5 Å². The van der Waals surface area contributed by atoms with Gasteiger partial charge in [-0.1, -0.05) is 44.9 Å². The van der Waals surface area contributed by atoms with E-state index in [9.17, 15) is 4.79 Å². The van der Waals surface area contributed by atoms with Gasteiger partial charge in [-0.25, -0.2) is 4.79 Å². The van der Waals surface area contributed by atoms with Crippen LogP contribution in [-0.2, 0) is 23.7 Å². The van der Waals surface area contributed by atoms with E-state index in [-0.39, 0.29) is 6.09 Å². The summed E-state index contributed by atoms with van der Waals surface area (Å²) in [5, 5.41) is 2.81. The van der Waals surface area contributed by atoms with Crippen LogP contribution < -0.4 is 5.32 Å². The summed E-state index contributed by atoms with van der Waals surface area (Å²) in [4.78, 5) is 11.5. The van der Waals surface area contributed by atoms with Crippen molar-refractivity contribution in [1.82, 2.24) is 5.32 Å². The molecular formula is C24H49NO6. The Bertz CT molecular complexity index is 387. The lowest BCUT2D eigenvalue weighted by molar-refractivity contribution is -0.000841. The molecule has 186 valence electrons. The van der Waals surface area contributed by atoms with E-state index in [0.29, 0.717) is 46.2 Å². The van der Waals surface area contributed by atoms with E-state index < -0.39 is 5.60 Å². The number of nitrogens with one attached hydrogen (secondary N) is 1. The first kappa shape index (κ1) is 30.1. The molecule has 0 aliphatic rings. The number of hydrogen-bond acceptors (Lipinski definition) is 6. The fourth-order valence-corrected chi connectivity index (χ4v) is 2.88. The van der Waals surface area contributed by atoms with Gasteiger partial charge in [-0.3, -0.25) is 0 Å². The third-order valence-corrected chi connectivity index (χ3v) is 4.45. The highest BCUT2D eigenvalue weighted by Crippen LogP contribution is 2.10. The standard InChI is InChI=1S/C24H49NO6/c1-5-27-17-18-29-21-22-30-20-19-28-16-14-12-10-8-6-7-9-11-13-15-25-23(26)31-24(2,3)4/h5-22H2,1-4H3,(H,25,26). The van der Waals surface area contributed by atoms with Crippen molar-refractivity contribution >= 4 is 6.09 Å². The Labute approximate surface area is 190 Å². The molecule has 1 N–H and O–H groups in total. The molecule has 31 heavy (non-hydrogen) atoms. The first-order valence-corrected chi connectivity index (χ1v) is 12.2. The van der Waals surface area contributed by atoms with Gasteiger partial charge in [-0.2, -0.15) is 0 Å². The fourth-order valence-electron chi connectivity index (χ4n) is 2.88. The number of amides is 1. The summed E-state index contributed by atoms with van der Waals surface area (Å²) in [5.74, 6) is 0. The molecule has 0 radical (unpaired) electrons. The van der Waals surface area contributed by atoms with E-state index >= 15 is 0 Å². The second kappa shape index (κ2) is 22.3. The van der Waals surface area contributed by atoms with Crippen LogP contribution >= 0.6 is 0 Å². The molecule has 7 heteroatoms. The molecule has 0 saturated carbocycles. The van der Waals surface area contributed by atoms with Crippen molar-refractivity contribution in [2.75, 3.05) is 59.4 Å². The molecule has 0 aromatic heterocycles. The Hall–Kier alpha value is -0.890. The van der Waals surface area contributed by atoms with Gasteiger partial charge in [0.2, 0.25) is 0 Å². The van der Waals surface area contributed by atoms with Crippen LogP contribution in [0.15, 0.2) is 0 Å². The van der Waals surface area contributed by atoms with Crippen LogP contribution in [0.4, 0.5) is 4.79 Å². The molecule has 0 aromatic carbocycles. The van der Waals surface area contributed by atoms with Crippen LogP contribution in [0, 0.1) is 0 Å². The summed E-state index contributed by atoms with van der Waals surface area (Å²) in [6.45, 7) is 13.6. The normalized spacial score (nSPS) is 11.6. The number of rotatable bonds is 22. The second-order valence-electron chi connectivity index (χ2n) is 8.64. The predicted molar refractivity (Wildman–Crippen MR) is 125 cm³/mol. The Morgan fingerprint density at radius 3 is 1.52 bits per heavy atom. The number of carbonyl (C=O) groups is 1. The minimum atomic E-state index is -0.426. The Morgan fingerprint density at radius 2 is 1.03 bits per heavy atom. The molecule has 0 aromatic rings. The van der Waals surface area contributed by atoms with Crippen molar-refractivity contribution in [3.63, 3.8) is 0 Å². The maximum atomic E-state index is 11.5. The number of alkyl carbamates (subject to hydrolysis) is 1. The van der Waals surface area contributed by atoms with Gasteiger partial charge in [0.1, 0.15) is 5.60 Å². The zero-order valence-electron chi connectivity index (χ0n) is 20.7. The molecule has 0 fully saturated rings. The first-order chi connectivity index (χ1) is 15.0. The highest BCUT2D eigenvalue weighted by atomic mass is 16.6. The lowest BCUT2D eigenvalue weighted by Gasteiger charge is -2.19. The highest BCUT2D eigenvalue weighted by Gasteiger charge is 2.15. The van der Waals surface area contributed by atoms with Gasteiger partial charge in [0.15, 0.2) is 0 Å². The van der Waals surface area contributed by atoms with Crippen LogP contribution in [0.1, 0.15) is 85.5 Å². The average molecular weight is 448 g/mol. The van der Waals surface area contributed by atoms with Gasteiger partial charge in [-0.15, -0.1) is 0 Å².